The van der Waals surface area contributed by atoms with E-state index in [0.29, 0.717) is 24.3 Å². The van der Waals surface area contributed by atoms with E-state index in [1.54, 1.807) is 25.1 Å². The van der Waals surface area contributed by atoms with Crippen LogP contribution in [0.4, 0.5) is 18.3 Å². The van der Waals surface area contributed by atoms with Crippen molar-refractivity contribution in [2.75, 3.05) is 38.2 Å². The Hall–Kier alpha value is -2.46. The second-order valence-electron chi connectivity index (χ2n) is 6.78. The van der Waals surface area contributed by atoms with Crippen molar-refractivity contribution in [3.63, 3.8) is 0 Å². The van der Waals surface area contributed by atoms with Crippen LogP contribution in [-0.2, 0) is 4.79 Å². The summed E-state index contributed by atoms with van der Waals surface area (Å²) in [5.41, 5.74) is -0.630. The molecule has 1 aromatic carbocycles. The van der Waals surface area contributed by atoms with Gasteiger partial charge in [0.2, 0.25) is 5.13 Å². The summed E-state index contributed by atoms with van der Waals surface area (Å²) in [7, 11) is 1.96. The van der Waals surface area contributed by atoms with Crippen LogP contribution >= 0.6 is 11.3 Å². The maximum Gasteiger partial charge on any atom is 0.436 e. The van der Waals surface area contributed by atoms with E-state index in [-0.39, 0.29) is 5.13 Å². The van der Waals surface area contributed by atoms with Gasteiger partial charge in [-0.05, 0) is 26.1 Å². The van der Waals surface area contributed by atoms with Gasteiger partial charge in [-0.1, -0.05) is 23.5 Å². The molecule has 10 heteroatoms. The Balaban J connectivity index is 1.76. The van der Waals surface area contributed by atoms with Gasteiger partial charge in [0.1, 0.15) is 0 Å². The monoisotopic (exact) mass is 409 g/mol. The molecule has 1 amide bonds. The number of alkyl halides is 3. The lowest BCUT2D eigenvalue weighted by Crippen LogP contribution is -2.44. The molecule has 6 nitrogen and oxygen atoms in total. The molecular weight excluding hydrogens is 391 g/mol. The average molecular weight is 409 g/mol. The van der Waals surface area contributed by atoms with Crippen LogP contribution in [0.3, 0.4) is 0 Å². The smallest absolute Gasteiger partial charge is 0.372 e. The highest BCUT2D eigenvalue weighted by Gasteiger charge is 2.49. The number of amides is 1. The maximum atomic E-state index is 13.7. The van der Waals surface area contributed by atoms with E-state index in [9.17, 15) is 18.0 Å². The summed E-state index contributed by atoms with van der Waals surface area (Å²) in [6.07, 6.45) is -4.73. The molecule has 0 unspecified atom stereocenters. The van der Waals surface area contributed by atoms with E-state index in [1.807, 2.05) is 18.0 Å². The number of piperazine rings is 1. The SMILES string of the molecule is CC(=C1C(=O)N(c2nc3ccccc3s2)N=C1C(F)(F)F)N1CCN(C)CC1. The lowest BCUT2D eigenvalue weighted by molar-refractivity contribution is -0.114. The summed E-state index contributed by atoms with van der Waals surface area (Å²) in [6.45, 7) is 4.12. The molecule has 0 saturated carbocycles. The molecule has 28 heavy (non-hydrogen) atoms. The molecule has 2 aliphatic rings. The molecular formula is C18H18F3N5OS. The second kappa shape index (κ2) is 6.85. The number of allylic oxidation sites excluding steroid dienone is 1. The Morgan fingerprint density at radius 2 is 1.82 bits per heavy atom. The molecule has 1 aromatic heterocycles. The molecule has 0 aliphatic carbocycles. The van der Waals surface area contributed by atoms with Crippen LogP contribution in [0.5, 0.6) is 0 Å². The number of hydrazone groups is 1. The number of nitrogens with zero attached hydrogens (tertiary/aromatic N) is 5. The number of fused-ring (bicyclic) bond motifs is 1. The maximum absolute atomic E-state index is 13.7. The number of para-hydroxylation sites is 1. The quantitative estimate of drug-likeness (QED) is 0.716. The zero-order chi connectivity index (χ0) is 20.1. The summed E-state index contributed by atoms with van der Waals surface area (Å²) in [5, 5.41) is 4.56. The first kappa shape index (κ1) is 18.9. The minimum atomic E-state index is -4.73. The van der Waals surface area contributed by atoms with Crippen LogP contribution in [-0.4, -0.2) is 65.8 Å². The molecule has 0 radical (unpaired) electrons. The summed E-state index contributed by atoms with van der Waals surface area (Å²) in [5.74, 6) is -0.789. The van der Waals surface area contributed by atoms with Crippen molar-refractivity contribution in [1.82, 2.24) is 14.8 Å². The molecule has 0 spiro atoms. The van der Waals surface area contributed by atoms with Crippen LogP contribution in [0.15, 0.2) is 40.6 Å². The zero-order valence-corrected chi connectivity index (χ0v) is 16.1. The number of halogens is 3. The van der Waals surface area contributed by atoms with E-state index in [4.69, 9.17) is 0 Å². The number of hydrogen-bond acceptors (Lipinski definition) is 6. The number of benzene rings is 1. The highest BCUT2D eigenvalue weighted by atomic mass is 32.1. The molecule has 1 saturated heterocycles. The molecule has 3 heterocycles. The van der Waals surface area contributed by atoms with Crippen molar-refractivity contribution in [1.29, 1.82) is 0 Å². The summed E-state index contributed by atoms with van der Waals surface area (Å²) in [4.78, 5) is 21.2. The first-order valence-electron chi connectivity index (χ1n) is 8.76. The lowest BCUT2D eigenvalue weighted by atomic mass is 10.1. The van der Waals surface area contributed by atoms with Crippen LogP contribution < -0.4 is 5.01 Å². The number of hydrogen-bond donors (Lipinski definition) is 0. The average Bonchev–Trinajstić information content (AvgIpc) is 3.22. The van der Waals surface area contributed by atoms with Gasteiger partial charge >= 0.3 is 6.18 Å². The fourth-order valence-electron chi connectivity index (χ4n) is 3.31. The first-order chi connectivity index (χ1) is 13.3. The minimum absolute atomic E-state index is 0.133. The fraction of sp³-hybridized carbons (Fsp3) is 0.389. The Labute approximate surface area is 163 Å². The van der Waals surface area contributed by atoms with Crippen molar-refractivity contribution in [2.45, 2.75) is 13.1 Å². The van der Waals surface area contributed by atoms with Gasteiger partial charge in [-0.15, -0.1) is 0 Å². The minimum Gasteiger partial charge on any atom is -0.372 e. The molecule has 0 bridgehead atoms. The van der Waals surface area contributed by atoms with Crippen LogP contribution in [0.1, 0.15) is 6.92 Å². The molecule has 2 aromatic rings. The molecule has 4 rings (SSSR count). The van der Waals surface area contributed by atoms with Crippen molar-refractivity contribution in [3.8, 4) is 0 Å². The molecule has 2 aliphatic heterocycles. The Kier molecular flexibility index (Phi) is 4.62. The van der Waals surface area contributed by atoms with Gasteiger partial charge in [0.05, 0.1) is 15.8 Å². The number of carbonyl (C=O) groups is 1. The number of anilines is 1. The van der Waals surface area contributed by atoms with Gasteiger partial charge in [0, 0.05) is 31.9 Å². The molecule has 148 valence electrons. The van der Waals surface area contributed by atoms with E-state index < -0.39 is 23.4 Å². The van der Waals surface area contributed by atoms with Crippen LogP contribution in [0.25, 0.3) is 10.2 Å². The van der Waals surface area contributed by atoms with Gasteiger partial charge in [0.25, 0.3) is 5.91 Å². The first-order valence-corrected chi connectivity index (χ1v) is 9.58. The van der Waals surface area contributed by atoms with E-state index in [0.717, 1.165) is 34.1 Å². The molecule has 0 atom stereocenters. The highest BCUT2D eigenvalue weighted by molar-refractivity contribution is 7.22. The van der Waals surface area contributed by atoms with Crippen LogP contribution in [0.2, 0.25) is 0 Å². The second-order valence-corrected chi connectivity index (χ2v) is 7.79. The van der Waals surface area contributed by atoms with E-state index in [2.05, 4.69) is 15.0 Å². The van der Waals surface area contributed by atoms with Crippen molar-refractivity contribution < 1.29 is 18.0 Å². The van der Waals surface area contributed by atoms with E-state index >= 15 is 0 Å². The number of thiazole rings is 1. The van der Waals surface area contributed by atoms with Crippen molar-refractivity contribution >= 4 is 38.3 Å². The summed E-state index contributed by atoms with van der Waals surface area (Å²) in [6, 6.07) is 7.14. The topological polar surface area (TPSA) is 52.0 Å². The lowest BCUT2D eigenvalue weighted by Gasteiger charge is -2.35. The standard InChI is InChI=1S/C18H18F3N5OS/c1-11(25-9-7-24(2)8-10-25)14-15(18(19,20)21)23-26(16(14)27)17-22-12-5-3-4-6-13(12)28-17/h3-6H,7-10H2,1-2H3. The third kappa shape index (κ3) is 3.26. The third-order valence-electron chi connectivity index (χ3n) is 4.91. The largest absolute Gasteiger partial charge is 0.436 e. The van der Waals surface area contributed by atoms with Gasteiger partial charge < -0.3 is 9.80 Å². The zero-order valence-electron chi connectivity index (χ0n) is 15.3. The number of carbonyl (C=O) groups excluding carboxylic acids is 1. The molecule has 0 N–H and O–H groups in total. The Morgan fingerprint density at radius 1 is 1.14 bits per heavy atom. The normalized spacial score (nSPS) is 20.9. The van der Waals surface area contributed by atoms with Gasteiger partial charge in [0.15, 0.2) is 5.71 Å². The van der Waals surface area contributed by atoms with Gasteiger partial charge in [-0.3, -0.25) is 4.79 Å². The van der Waals surface area contributed by atoms with Crippen LogP contribution in [0, 0.1) is 0 Å². The predicted molar refractivity (Wildman–Crippen MR) is 102 cm³/mol. The van der Waals surface area contributed by atoms with Crippen molar-refractivity contribution in [2.24, 2.45) is 5.10 Å². The summed E-state index contributed by atoms with van der Waals surface area (Å²) >= 11 is 1.14. The Morgan fingerprint density at radius 3 is 2.46 bits per heavy atom. The highest BCUT2D eigenvalue weighted by Crippen LogP contribution is 2.36. The van der Waals surface area contributed by atoms with Crippen molar-refractivity contribution in [3.05, 3.63) is 35.5 Å². The predicted octanol–water partition coefficient (Wildman–Crippen LogP) is 3.08. The van der Waals surface area contributed by atoms with Gasteiger partial charge in [-0.25, -0.2) is 4.98 Å². The number of aromatic nitrogens is 1. The number of rotatable bonds is 2. The molecule has 1 fully saturated rings. The van der Waals surface area contributed by atoms with E-state index in [1.165, 1.54) is 0 Å². The summed E-state index contributed by atoms with van der Waals surface area (Å²) < 4.78 is 41.8. The fourth-order valence-corrected chi connectivity index (χ4v) is 4.22. The van der Waals surface area contributed by atoms with Gasteiger partial charge in [-0.2, -0.15) is 23.3 Å². The number of likely N-dealkylation sites (N-methyl/N-ethyl adjacent to an activating group) is 1. The third-order valence-corrected chi connectivity index (χ3v) is 5.93. The Bertz CT molecular complexity index is 956.